The number of rotatable bonds is 5. The van der Waals surface area contributed by atoms with Crippen LogP contribution in [-0.2, 0) is 14.3 Å². The first-order valence-corrected chi connectivity index (χ1v) is 12.2. The van der Waals surface area contributed by atoms with Crippen molar-refractivity contribution in [3.8, 4) is 0 Å². The van der Waals surface area contributed by atoms with E-state index in [1.54, 1.807) is 12.1 Å². The highest BCUT2D eigenvalue weighted by molar-refractivity contribution is 5.89. The number of esters is 1. The van der Waals surface area contributed by atoms with Crippen LogP contribution < -0.4 is 4.90 Å². The predicted octanol–water partition coefficient (Wildman–Crippen LogP) is 4.55. The molecule has 5 rings (SSSR count). The molecule has 1 saturated carbocycles. The van der Waals surface area contributed by atoms with E-state index in [9.17, 15) is 22.8 Å². The van der Waals surface area contributed by atoms with E-state index in [4.69, 9.17) is 9.47 Å². The van der Waals surface area contributed by atoms with Crippen molar-refractivity contribution >= 4 is 17.6 Å². The van der Waals surface area contributed by atoms with Gasteiger partial charge in [0, 0.05) is 30.7 Å². The third-order valence-electron chi connectivity index (χ3n) is 7.73. The molecule has 1 spiro atoms. The highest BCUT2D eigenvalue weighted by atomic mass is 19.4. The lowest BCUT2D eigenvalue weighted by atomic mass is 9.86. The number of halogens is 3. The summed E-state index contributed by atoms with van der Waals surface area (Å²) < 4.78 is 51.6. The molecule has 1 aliphatic carbocycles. The number of piperidine rings is 1. The van der Waals surface area contributed by atoms with Crippen LogP contribution in [0.25, 0.3) is 0 Å². The number of benzene rings is 2. The highest BCUT2D eigenvalue weighted by Crippen LogP contribution is 2.49. The molecule has 192 valence electrons. The van der Waals surface area contributed by atoms with Gasteiger partial charge in [-0.1, -0.05) is 30.3 Å². The molecule has 0 N–H and O–H groups in total. The van der Waals surface area contributed by atoms with E-state index in [1.165, 1.54) is 7.11 Å². The van der Waals surface area contributed by atoms with E-state index < -0.39 is 35.7 Å². The van der Waals surface area contributed by atoms with Crippen LogP contribution in [0.15, 0.2) is 54.6 Å². The first-order valence-electron chi connectivity index (χ1n) is 12.2. The Balaban J connectivity index is 1.25. The Bertz CT molecular complexity index is 1100. The van der Waals surface area contributed by atoms with Crippen LogP contribution in [0.4, 0.5) is 18.9 Å². The molecule has 36 heavy (non-hydrogen) atoms. The molecule has 3 atom stereocenters. The molecule has 9 heteroatoms. The SMILES string of the molecule is COC(=O)c1ccc(N2CCC3(CC2)CC(N(C(=O)C(F)(F)F)[C@@H]2C[C@H]2c2ccccc2)CO3)cc1. The molecule has 3 aliphatic rings. The van der Waals surface area contributed by atoms with Gasteiger partial charge in [-0.2, -0.15) is 13.2 Å². The van der Waals surface area contributed by atoms with Gasteiger partial charge in [-0.3, -0.25) is 4.79 Å². The minimum atomic E-state index is -4.92. The maximum Gasteiger partial charge on any atom is 0.471 e. The van der Waals surface area contributed by atoms with E-state index in [1.807, 2.05) is 42.5 Å². The molecule has 3 fully saturated rings. The molecule has 2 heterocycles. The van der Waals surface area contributed by atoms with Gasteiger partial charge in [-0.25, -0.2) is 4.79 Å². The fraction of sp³-hybridized carbons (Fsp3) is 0.481. The molecule has 6 nitrogen and oxygen atoms in total. The van der Waals surface area contributed by atoms with Crippen LogP contribution in [0, 0.1) is 0 Å². The number of anilines is 1. The molecule has 0 bridgehead atoms. The number of hydrogen-bond acceptors (Lipinski definition) is 5. The Morgan fingerprint density at radius 3 is 2.33 bits per heavy atom. The minimum Gasteiger partial charge on any atom is -0.465 e. The number of amides is 1. The third-order valence-corrected chi connectivity index (χ3v) is 7.73. The lowest BCUT2D eigenvalue weighted by Crippen LogP contribution is -2.50. The van der Waals surface area contributed by atoms with Gasteiger partial charge in [-0.05, 0) is 55.5 Å². The van der Waals surface area contributed by atoms with Crippen LogP contribution in [0.2, 0.25) is 0 Å². The first-order chi connectivity index (χ1) is 17.2. The Morgan fingerprint density at radius 1 is 1.06 bits per heavy atom. The second-order valence-electron chi connectivity index (χ2n) is 9.91. The molecule has 1 unspecified atom stereocenters. The fourth-order valence-electron chi connectivity index (χ4n) is 5.73. The third kappa shape index (κ3) is 4.81. The summed E-state index contributed by atoms with van der Waals surface area (Å²) in [5.74, 6) is -2.24. The Morgan fingerprint density at radius 2 is 1.72 bits per heavy atom. The Kier molecular flexibility index (Phi) is 6.44. The standard InChI is InChI=1S/C27H29F3N2O4/c1-35-24(33)19-7-9-20(10-8-19)31-13-11-26(12-14-31)16-21(17-36-26)32(25(34)27(28,29)30)23-15-22(23)18-5-3-2-4-6-18/h2-10,21-23H,11-17H2,1H3/t21?,22-,23+/m0/s1. The van der Waals surface area contributed by atoms with Gasteiger partial charge >= 0.3 is 18.1 Å². The van der Waals surface area contributed by atoms with Crippen molar-refractivity contribution in [3.63, 3.8) is 0 Å². The summed E-state index contributed by atoms with van der Waals surface area (Å²) in [6, 6.07) is 15.5. The lowest BCUT2D eigenvalue weighted by Gasteiger charge is -2.40. The maximum absolute atomic E-state index is 13.6. The molecule has 2 saturated heterocycles. The molecule has 2 aromatic rings. The van der Waals surface area contributed by atoms with E-state index in [-0.39, 0.29) is 12.5 Å². The summed E-state index contributed by atoms with van der Waals surface area (Å²) in [7, 11) is 1.34. The number of carbonyl (C=O) groups excluding carboxylic acids is 2. The number of nitrogens with zero attached hydrogens (tertiary/aromatic N) is 2. The summed E-state index contributed by atoms with van der Waals surface area (Å²) in [6.45, 7) is 1.47. The first kappa shape index (κ1) is 24.6. The van der Waals surface area contributed by atoms with E-state index in [0.29, 0.717) is 44.3 Å². The molecular formula is C27H29F3N2O4. The van der Waals surface area contributed by atoms with Gasteiger partial charge in [0.1, 0.15) is 0 Å². The molecule has 2 aliphatic heterocycles. The number of alkyl halides is 3. The number of carbonyl (C=O) groups is 2. The number of ether oxygens (including phenoxy) is 2. The van der Waals surface area contributed by atoms with Crippen LogP contribution in [0.5, 0.6) is 0 Å². The van der Waals surface area contributed by atoms with E-state index in [2.05, 4.69) is 4.90 Å². The van der Waals surface area contributed by atoms with Crippen molar-refractivity contribution in [3.05, 3.63) is 65.7 Å². The van der Waals surface area contributed by atoms with Gasteiger partial charge in [-0.15, -0.1) is 0 Å². The zero-order valence-electron chi connectivity index (χ0n) is 20.0. The zero-order valence-corrected chi connectivity index (χ0v) is 20.0. The molecule has 0 radical (unpaired) electrons. The minimum absolute atomic E-state index is 0.0798. The maximum atomic E-state index is 13.6. The molecule has 0 aromatic heterocycles. The van der Waals surface area contributed by atoms with Crippen LogP contribution in [-0.4, -0.2) is 67.4 Å². The zero-order chi connectivity index (χ0) is 25.5. The summed E-state index contributed by atoms with van der Waals surface area (Å²) >= 11 is 0. The van der Waals surface area contributed by atoms with E-state index in [0.717, 1.165) is 16.2 Å². The summed E-state index contributed by atoms with van der Waals surface area (Å²) in [6.07, 6.45) is -2.67. The second-order valence-corrected chi connectivity index (χ2v) is 9.91. The van der Waals surface area contributed by atoms with Gasteiger partial charge in [0.2, 0.25) is 0 Å². The number of hydrogen-bond donors (Lipinski definition) is 0. The van der Waals surface area contributed by atoms with Gasteiger partial charge in [0.05, 0.1) is 30.9 Å². The van der Waals surface area contributed by atoms with E-state index >= 15 is 0 Å². The van der Waals surface area contributed by atoms with Crippen molar-refractivity contribution in [2.24, 2.45) is 0 Å². The van der Waals surface area contributed by atoms with Crippen LogP contribution in [0.3, 0.4) is 0 Å². The summed E-state index contributed by atoms with van der Waals surface area (Å²) in [5.41, 5.74) is 1.86. The van der Waals surface area contributed by atoms with Crippen molar-refractivity contribution in [1.82, 2.24) is 4.90 Å². The molecular weight excluding hydrogens is 473 g/mol. The topological polar surface area (TPSA) is 59.1 Å². The summed E-state index contributed by atoms with van der Waals surface area (Å²) in [5, 5.41) is 0. The average molecular weight is 503 g/mol. The van der Waals surface area contributed by atoms with Crippen molar-refractivity contribution < 1.29 is 32.2 Å². The van der Waals surface area contributed by atoms with Gasteiger partial charge in [0.25, 0.3) is 0 Å². The highest BCUT2D eigenvalue weighted by Gasteiger charge is 2.57. The normalized spacial score (nSPS) is 25.0. The Labute approximate surface area is 208 Å². The van der Waals surface area contributed by atoms with Crippen molar-refractivity contribution in [2.75, 3.05) is 31.7 Å². The molecule has 2 aromatic carbocycles. The van der Waals surface area contributed by atoms with Crippen LogP contribution >= 0.6 is 0 Å². The van der Waals surface area contributed by atoms with Gasteiger partial charge in [0.15, 0.2) is 0 Å². The largest absolute Gasteiger partial charge is 0.471 e. The van der Waals surface area contributed by atoms with Crippen molar-refractivity contribution in [1.29, 1.82) is 0 Å². The monoisotopic (exact) mass is 502 g/mol. The molecule has 1 amide bonds. The lowest BCUT2D eigenvalue weighted by molar-refractivity contribution is -0.188. The van der Waals surface area contributed by atoms with Crippen molar-refractivity contribution in [2.45, 2.75) is 55.5 Å². The average Bonchev–Trinajstić information content (AvgIpc) is 3.58. The fourth-order valence-corrected chi connectivity index (χ4v) is 5.73. The number of methoxy groups -OCH3 is 1. The quantitative estimate of drug-likeness (QED) is 0.562. The van der Waals surface area contributed by atoms with Gasteiger partial charge < -0.3 is 19.3 Å². The Hall–Kier alpha value is -3.07. The predicted molar refractivity (Wildman–Crippen MR) is 127 cm³/mol. The second kappa shape index (κ2) is 9.42. The smallest absolute Gasteiger partial charge is 0.465 e. The van der Waals surface area contributed by atoms with Crippen LogP contribution in [0.1, 0.15) is 47.5 Å². The summed E-state index contributed by atoms with van der Waals surface area (Å²) in [4.78, 5) is 27.4.